The van der Waals surface area contributed by atoms with Gasteiger partial charge in [-0.05, 0) is 39.5 Å². The van der Waals surface area contributed by atoms with E-state index in [1.807, 2.05) is 20.0 Å². The van der Waals surface area contributed by atoms with Crippen LogP contribution in [0.2, 0.25) is 0 Å². The number of halogens is 1. The quantitative estimate of drug-likeness (QED) is 0.756. The highest BCUT2D eigenvalue weighted by molar-refractivity contribution is 6.17. The Bertz CT molecular complexity index is 377. The van der Waals surface area contributed by atoms with Crippen molar-refractivity contribution in [3.05, 3.63) is 17.6 Å². The van der Waals surface area contributed by atoms with E-state index in [0.29, 0.717) is 11.9 Å². The van der Waals surface area contributed by atoms with Gasteiger partial charge in [-0.2, -0.15) is 0 Å². The summed E-state index contributed by atoms with van der Waals surface area (Å²) in [5, 5.41) is 0. The minimum absolute atomic E-state index is 0.648. The summed E-state index contributed by atoms with van der Waals surface area (Å²) in [7, 11) is 0. The van der Waals surface area contributed by atoms with Crippen LogP contribution in [-0.2, 0) is 0 Å². The highest BCUT2D eigenvalue weighted by atomic mass is 35.5. The molecule has 0 saturated heterocycles. The van der Waals surface area contributed by atoms with Gasteiger partial charge in [0, 0.05) is 18.5 Å². The molecular formula is C13H20ClN3. The zero-order valence-electron chi connectivity index (χ0n) is 10.6. The molecule has 4 heteroatoms. The van der Waals surface area contributed by atoms with Crippen LogP contribution >= 0.6 is 11.6 Å². The van der Waals surface area contributed by atoms with Gasteiger partial charge in [-0.15, -0.1) is 11.6 Å². The summed E-state index contributed by atoms with van der Waals surface area (Å²) in [6.45, 7) is 5.01. The number of nitrogens with zero attached hydrogens (tertiary/aromatic N) is 3. The summed E-state index contributed by atoms with van der Waals surface area (Å²) in [5.41, 5.74) is 2.04. The molecule has 3 nitrogen and oxygen atoms in total. The van der Waals surface area contributed by atoms with E-state index >= 15 is 0 Å². The Balaban J connectivity index is 2.15. The van der Waals surface area contributed by atoms with Crippen molar-refractivity contribution in [1.82, 2.24) is 9.97 Å². The normalized spacial score (nSPS) is 15.7. The molecule has 1 aliphatic carbocycles. The third kappa shape index (κ3) is 2.89. The van der Waals surface area contributed by atoms with Gasteiger partial charge in [0.15, 0.2) is 0 Å². The maximum absolute atomic E-state index is 5.79. The zero-order valence-corrected chi connectivity index (χ0v) is 11.4. The molecule has 0 aliphatic heterocycles. The van der Waals surface area contributed by atoms with Gasteiger partial charge in [0.25, 0.3) is 0 Å². The molecule has 2 rings (SSSR count). The Hall–Kier alpha value is -0.830. The molecule has 1 aromatic heterocycles. The second-order valence-corrected chi connectivity index (χ2v) is 5.10. The fraction of sp³-hybridized carbons (Fsp3) is 0.692. The fourth-order valence-electron chi connectivity index (χ4n) is 2.08. The van der Waals surface area contributed by atoms with E-state index in [1.54, 1.807) is 0 Å². The third-order valence-corrected chi connectivity index (χ3v) is 3.79. The van der Waals surface area contributed by atoms with Gasteiger partial charge in [0.1, 0.15) is 5.82 Å². The van der Waals surface area contributed by atoms with Crippen LogP contribution in [0.15, 0.2) is 6.20 Å². The number of aryl methyl sites for hydroxylation is 2. The molecule has 17 heavy (non-hydrogen) atoms. The lowest BCUT2D eigenvalue weighted by Gasteiger charge is -2.38. The Labute approximate surface area is 108 Å². The van der Waals surface area contributed by atoms with Gasteiger partial charge < -0.3 is 4.90 Å². The second kappa shape index (κ2) is 5.67. The van der Waals surface area contributed by atoms with Crippen LogP contribution in [0.5, 0.6) is 0 Å². The lowest BCUT2D eigenvalue weighted by molar-refractivity contribution is 0.383. The van der Waals surface area contributed by atoms with Crippen molar-refractivity contribution in [3.8, 4) is 0 Å². The zero-order chi connectivity index (χ0) is 12.3. The van der Waals surface area contributed by atoms with Crippen LogP contribution in [0.25, 0.3) is 0 Å². The average molecular weight is 254 g/mol. The topological polar surface area (TPSA) is 29.0 Å². The van der Waals surface area contributed by atoms with Crippen molar-refractivity contribution < 1.29 is 0 Å². The molecule has 0 N–H and O–H groups in total. The molecule has 0 spiro atoms. The summed E-state index contributed by atoms with van der Waals surface area (Å²) >= 11 is 5.79. The smallest absolute Gasteiger partial charge is 0.147 e. The predicted octanol–water partition coefficient (Wildman–Crippen LogP) is 3.08. The lowest BCUT2D eigenvalue weighted by Crippen LogP contribution is -2.41. The molecule has 0 aromatic carbocycles. The van der Waals surface area contributed by atoms with Crippen molar-refractivity contribution in [2.24, 2.45) is 0 Å². The SMILES string of the molecule is Cc1ncc(N(CCCCl)C2CCC2)nc1C. The molecule has 0 radical (unpaired) electrons. The second-order valence-electron chi connectivity index (χ2n) is 4.72. The number of alkyl halides is 1. The summed E-state index contributed by atoms with van der Waals surface area (Å²) in [5.74, 6) is 1.73. The Kier molecular flexibility index (Phi) is 4.21. The molecule has 1 aliphatic rings. The first-order valence-electron chi connectivity index (χ1n) is 6.35. The molecule has 94 valence electrons. The maximum Gasteiger partial charge on any atom is 0.147 e. The van der Waals surface area contributed by atoms with Crippen molar-refractivity contribution in [2.45, 2.75) is 45.6 Å². The first-order chi connectivity index (χ1) is 8.22. The van der Waals surface area contributed by atoms with Crippen molar-refractivity contribution in [3.63, 3.8) is 0 Å². The van der Waals surface area contributed by atoms with E-state index in [9.17, 15) is 0 Å². The van der Waals surface area contributed by atoms with Crippen LogP contribution in [0.4, 0.5) is 5.82 Å². The highest BCUT2D eigenvalue weighted by Gasteiger charge is 2.25. The molecule has 0 atom stereocenters. The Morgan fingerprint density at radius 2 is 2.12 bits per heavy atom. The summed E-state index contributed by atoms with van der Waals surface area (Å²) < 4.78 is 0. The van der Waals surface area contributed by atoms with Crippen molar-refractivity contribution in [1.29, 1.82) is 0 Å². The Morgan fingerprint density at radius 1 is 1.35 bits per heavy atom. The number of hydrogen-bond acceptors (Lipinski definition) is 3. The standard InChI is InChI=1S/C13H20ClN3/c1-10-11(2)16-13(9-15-10)17(8-4-7-14)12-5-3-6-12/h9,12H,3-8H2,1-2H3. The summed E-state index contributed by atoms with van der Waals surface area (Å²) in [6, 6.07) is 0.648. The maximum atomic E-state index is 5.79. The molecule has 0 bridgehead atoms. The van der Waals surface area contributed by atoms with E-state index in [0.717, 1.165) is 30.2 Å². The van der Waals surface area contributed by atoms with Crippen LogP contribution in [0, 0.1) is 13.8 Å². The first kappa shape index (κ1) is 12.6. The number of anilines is 1. The van der Waals surface area contributed by atoms with E-state index < -0.39 is 0 Å². The first-order valence-corrected chi connectivity index (χ1v) is 6.88. The van der Waals surface area contributed by atoms with Gasteiger partial charge in [-0.1, -0.05) is 0 Å². The number of aromatic nitrogens is 2. The van der Waals surface area contributed by atoms with Gasteiger partial charge >= 0.3 is 0 Å². The highest BCUT2D eigenvalue weighted by Crippen LogP contribution is 2.28. The third-order valence-electron chi connectivity index (χ3n) is 3.52. The molecule has 1 fully saturated rings. The van der Waals surface area contributed by atoms with Gasteiger partial charge in [0.05, 0.1) is 17.6 Å². The van der Waals surface area contributed by atoms with E-state index in [4.69, 9.17) is 11.6 Å². The number of rotatable bonds is 5. The molecule has 0 unspecified atom stereocenters. The van der Waals surface area contributed by atoms with E-state index in [1.165, 1.54) is 19.3 Å². The average Bonchev–Trinajstić information content (AvgIpc) is 2.25. The largest absolute Gasteiger partial charge is 0.352 e. The van der Waals surface area contributed by atoms with Gasteiger partial charge in [-0.3, -0.25) is 4.98 Å². The lowest BCUT2D eigenvalue weighted by atomic mass is 9.91. The number of hydrogen-bond donors (Lipinski definition) is 0. The van der Waals surface area contributed by atoms with E-state index in [-0.39, 0.29) is 0 Å². The Morgan fingerprint density at radius 3 is 2.65 bits per heavy atom. The van der Waals surface area contributed by atoms with Crippen molar-refractivity contribution in [2.75, 3.05) is 17.3 Å². The molecule has 1 heterocycles. The van der Waals surface area contributed by atoms with Crippen molar-refractivity contribution >= 4 is 17.4 Å². The van der Waals surface area contributed by atoms with Gasteiger partial charge in [-0.25, -0.2) is 4.98 Å². The minimum atomic E-state index is 0.648. The molecule has 1 aromatic rings. The molecule has 0 amide bonds. The van der Waals surface area contributed by atoms with Crippen LogP contribution in [0.3, 0.4) is 0 Å². The summed E-state index contributed by atoms with van der Waals surface area (Å²) in [6.07, 6.45) is 6.79. The van der Waals surface area contributed by atoms with Crippen LogP contribution < -0.4 is 4.90 Å². The van der Waals surface area contributed by atoms with E-state index in [2.05, 4.69) is 14.9 Å². The monoisotopic (exact) mass is 253 g/mol. The molecule has 1 saturated carbocycles. The summed E-state index contributed by atoms with van der Waals surface area (Å²) in [4.78, 5) is 11.4. The minimum Gasteiger partial charge on any atom is -0.352 e. The molecular weight excluding hydrogens is 234 g/mol. The van der Waals surface area contributed by atoms with Crippen LogP contribution in [-0.4, -0.2) is 28.4 Å². The van der Waals surface area contributed by atoms with Gasteiger partial charge in [0.2, 0.25) is 0 Å². The predicted molar refractivity (Wildman–Crippen MR) is 71.8 cm³/mol. The fourth-order valence-corrected chi connectivity index (χ4v) is 2.20. The van der Waals surface area contributed by atoms with Crippen LogP contribution in [0.1, 0.15) is 37.1 Å².